The molecule has 3 fully saturated rings. The van der Waals surface area contributed by atoms with Crippen LogP contribution in [0, 0.1) is 0 Å². The Bertz CT molecular complexity index is 430. The van der Waals surface area contributed by atoms with Crippen molar-refractivity contribution in [3.8, 4) is 0 Å². The zero-order chi connectivity index (χ0) is 17.6. The third-order valence-corrected chi connectivity index (χ3v) is 6.64. The number of halogens is 1. The normalized spacial score (nSPS) is 33.4. The highest BCUT2D eigenvalue weighted by atomic mass is 127. The van der Waals surface area contributed by atoms with Crippen molar-refractivity contribution in [3.63, 3.8) is 0 Å². The van der Waals surface area contributed by atoms with E-state index in [-0.39, 0.29) is 24.0 Å². The fourth-order valence-electron chi connectivity index (χ4n) is 5.13. The van der Waals surface area contributed by atoms with E-state index < -0.39 is 0 Å². The molecule has 3 aliphatic heterocycles. The molecule has 0 aromatic heterocycles. The number of guanidine groups is 1. The number of likely N-dealkylation sites (tertiary alicyclic amines) is 1. The molecule has 0 aromatic carbocycles. The molecule has 0 saturated carbocycles. The summed E-state index contributed by atoms with van der Waals surface area (Å²) >= 11 is 0. The first-order chi connectivity index (χ1) is 12.2. The summed E-state index contributed by atoms with van der Waals surface area (Å²) < 4.78 is 0. The van der Waals surface area contributed by atoms with Gasteiger partial charge in [-0.05, 0) is 65.6 Å². The molecule has 0 spiro atoms. The van der Waals surface area contributed by atoms with E-state index in [4.69, 9.17) is 4.99 Å². The fraction of sp³-hybridized carbons (Fsp3) is 0.950. The average molecular weight is 477 g/mol. The Kier molecular flexibility index (Phi) is 9.44. The molecule has 2 N–H and O–H groups in total. The number of likely N-dealkylation sites (N-methyl/N-ethyl adjacent to an activating group) is 1. The van der Waals surface area contributed by atoms with E-state index in [1.54, 1.807) is 0 Å². The van der Waals surface area contributed by atoms with Crippen molar-refractivity contribution in [2.45, 2.75) is 89.4 Å². The van der Waals surface area contributed by atoms with Crippen LogP contribution in [0.3, 0.4) is 0 Å². The summed E-state index contributed by atoms with van der Waals surface area (Å²) in [5.74, 6) is 1.04. The van der Waals surface area contributed by atoms with Crippen molar-refractivity contribution in [1.82, 2.24) is 20.4 Å². The number of hydrogen-bond acceptors (Lipinski definition) is 3. The highest BCUT2D eigenvalue weighted by Gasteiger charge is 2.36. The molecule has 3 aliphatic rings. The first kappa shape index (κ1) is 22.2. The number of nitrogens with zero attached hydrogens (tertiary/aromatic N) is 3. The summed E-state index contributed by atoms with van der Waals surface area (Å²) in [6.45, 7) is 8.72. The molecule has 0 radical (unpaired) electrons. The minimum Gasteiger partial charge on any atom is -0.357 e. The largest absolute Gasteiger partial charge is 0.357 e. The molecule has 26 heavy (non-hydrogen) atoms. The summed E-state index contributed by atoms with van der Waals surface area (Å²) in [6.07, 6.45) is 10.7. The molecule has 0 aliphatic carbocycles. The minimum absolute atomic E-state index is 0. The summed E-state index contributed by atoms with van der Waals surface area (Å²) in [5, 5.41) is 7.26. The zero-order valence-corrected chi connectivity index (χ0v) is 19.4. The van der Waals surface area contributed by atoms with Crippen molar-refractivity contribution in [2.75, 3.05) is 33.2 Å². The van der Waals surface area contributed by atoms with Crippen LogP contribution in [0.4, 0.5) is 0 Å². The molecule has 2 bridgehead atoms. The minimum atomic E-state index is 0. The monoisotopic (exact) mass is 477 g/mol. The zero-order valence-electron chi connectivity index (χ0n) is 17.0. The van der Waals surface area contributed by atoms with Crippen LogP contribution in [0.25, 0.3) is 0 Å². The molecule has 0 amide bonds. The Morgan fingerprint density at radius 3 is 2.42 bits per heavy atom. The Morgan fingerprint density at radius 1 is 1.04 bits per heavy atom. The maximum absolute atomic E-state index is 4.98. The first-order valence-electron chi connectivity index (χ1n) is 10.7. The molecule has 3 unspecified atom stereocenters. The van der Waals surface area contributed by atoms with E-state index in [9.17, 15) is 0 Å². The van der Waals surface area contributed by atoms with Crippen LogP contribution in [-0.4, -0.2) is 73.2 Å². The summed E-state index contributed by atoms with van der Waals surface area (Å²) in [7, 11) is 2.33. The Morgan fingerprint density at radius 2 is 1.77 bits per heavy atom. The van der Waals surface area contributed by atoms with Crippen molar-refractivity contribution in [3.05, 3.63) is 0 Å². The van der Waals surface area contributed by atoms with Gasteiger partial charge in [-0.15, -0.1) is 24.0 Å². The number of nitrogens with one attached hydrogen (secondary N) is 2. The molecule has 3 heterocycles. The molecular formula is C20H40IN5. The number of hydrogen-bond donors (Lipinski definition) is 2. The molecule has 3 saturated heterocycles. The summed E-state index contributed by atoms with van der Waals surface area (Å²) in [5.41, 5.74) is 0. The van der Waals surface area contributed by atoms with Crippen LogP contribution in [0.15, 0.2) is 4.99 Å². The number of aliphatic imine (C=N–C) groups is 1. The average Bonchev–Trinajstić information content (AvgIpc) is 2.61. The smallest absolute Gasteiger partial charge is 0.191 e. The Hall–Kier alpha value is -0.0800. The van der Waals surface area contributed by atoms with E-state index >= 15 is 0 Å². The summed E-state index contributed by atoms with van der Waals surface area (Å²) in [4.78, 5) is 10.2. The van der Waals surface area contributed by atoms with Gasteiger partial charge in [-0.1, -0.05) is 19.8 Å². The lowest BCUT2D eigenvalue weighted by molar-refractivity contribution is 0.0526. The topological polar surface area (TPSA) is 42.9 Å². The lowest BCUT2D eigenvalue weighted by Gasteiger charge is -2.47. The highest BCUT2D eigenvalue weighted by molar-refractivity contribution is 14.0. The lowest BCUT2D eigenvalue weighted by Crippen LogP contribution is -2.56. The molecule has 152 valence electrons. The SMILES string of the molecule is CCNC(=NCC1CCCCN1CC)NC1CC2CCCC(C1)N2C.I. The number of piperidine rings is 3. The van der Waals surface area contributed by atoms with Gasteiger partial charge in [-0.25, -0.2) is 0 Å². The van der Waals surface area contributed by atoms with Crippen LogP contribution in [0.2, 0.25) is 0 Å². The van der Waals surface area contributed by atoms with Gasteiger partial charge in [-0.3, -0.25) is 9.89 Å². The third kappa shape index (κ3) is 5.71. The molecule has 3 atom stereocenters. The van der Waals surface area contributed by atoms with Crippen LogP contribution in [0.1, 0.15) is 65.2 Å². The number of fused-ring (bicyclic) bond motifs is 2. The van der Waals surface area contributed by atoms with Gasteiger partial charge in [-0.2, -0.15) is 0 Å². The van der Waals surface area contributed by atoms with Crippen molar-refractivity contribution < 1.29 is 0 Å². The third-order valence-electron chi connectivity index (χ3n) is 6.64. The number of rotatable bonds is 5. The van der Waals surface area contributed by atoms with E-state index in [2.05, 4.69) is 41.3 Å². The Labute approximate surface area is 177 Å². The van der Waals surface area contributed by atoms with Crippen molar-refractivity contribution in [2.24, 2.45) is 4.99 Å². The standard InChI is InChI=1S/C20H39N5.HI/c1-4-21-20(22-15-19-9-6-7-12-25(19)5-2)23-16-13-17-10-8-11-18(14-16)24(17)3;/h16-19H,4-15H2,1-3H3,(H2,21,22,23);1H. The van der Waals surface area contributed by atoms with Crippen LogP contribution < -0.4 is 10.6 Å². The fourth-order valence-corrected chi connectivity index (χ4v) is 5.13. The molecule has 3 rings (SSSR count). The lowest BCUT2D eigenvalue weighted by atomic mass is 9.82. The van der Waals surface area contributed by atoms with E-state index in [1.807, 2.05) is 0 Å². The van der Waals surface area contributed by atoms with Gasteiger partial charge in [0.15, 0.2) is 5.96 Å². The Balaban J connectivity index is 0.00000243. The molecular weight excluding hydrogens is 437 g/mol. The quantitative estimate of drug-likeness (QED) is 0.363. The van der Waals surface area contributed by atoms with E-state index in [0.29, 0.717) is 12.1 Å². The molecule has 0 aromatic rings. The second-order valence-corrected chi connectivity index (χ2v) is 8.21. The second kappa shape index (κ2) is 11.1. The van der Waals surface area contributed by atoms with E-state index in [1.165, 1.54) is 57.9 Å². The van der Waals surface area contributed by atoms with Crippen molar-refractivity contribution in [1.29, 1.82) is 0 Å². The molecule has 6 heteroatoms. The van der Waals surface area contributed by atoms with Crippen LogP contribution in [0.5, 0.6) is 0 Å². The van der Waals surface area contributed by atoms with Gasteiger partial charge in [0.25, 0.3) is 0 Å². The van der Waals surface area contributed by atoms with E-state index in [0.717, 1.165) is 37.7 Å². The van der Waals surface area contributed by atoms with Gasteiger partial charge in [0, 0.05) is 30.7 Å². The van der Waals surface area contributed by atoms with Gasteiger partial charge >= 0.3 is 0 Å². The van der Waals surface area contributed by atoms with Gasteiger partial charge in [0.1, 0.15) is 0 Å². The van der Waals surface area contributed by atoms with Gasteiger partial charge in [0.05, 0.1) is 6.54 Å². The predicted molar refractivity (Wildman–Crippen MR) is 122 cm³/mol. The van der Waals surface area contributed by atoms with Crippen LogP contribution >= 0.6 is 24.0 Å². The predicted octanol–water partition coefficient (Wildman–Crippen LogP) is 3.05. The van der Waals surface area contributed by atoms with Crippen LogP contribution in [-0.2, 0) is 0 Å². The van der Waals surface area contributed by atoms with Crippen molar-refractivity contribution >= 4 is 29.9 Å². The second-order valence-electron chi connectivity index (χ2n) is 8.21. The summed E-state index contributed by atoms with van der Waals surface area (Å²) in [6, 6.07) is 2.74. The van der Waals surface area contributed by atoms with Gasteiger partial charge < -0.3 is 15.5 Å². The molecule has 5 nitrogen and oxygen atoms in total. The first-order valence-corrected chi connectivity index (χ1v) is 10.7. The maximum atomic E-state index is 4.98. The van der Waals surface area contributed by atoms with Gasteiger partial charge in [0.2, 0.25) is 0 Å². The maximum Gasteiger partial charge on any atom is 0.191 e. The highest BCUT2D eigenvalue weighted by Crippen LogP contribution is 2.32.